The Kier molecular flexibility index (Phi) is 9.98. The highest BCUT2D eigenvalue weighted by Gasteiger charge is 2.11. The Morgan fingerprint density at radius 3 is 2.50 bits per heavy atom. The zero-order valence-corrected chi connectivity index (χ0v) is 20.2. The smallest absolute Gasteiger partial charge is 0.295 e. The van der Waals surface area contributed by atoms with Crippen LogP contribution in [-0.2, 0) is 9.59 Å². The van der Waals surface area contributed by atoms with Crippen molar-refractivity contribution >= 4 is 40.8 Å². The number of halogens is 1. The molecule has 2 amide bonds. The largest absolute Gasteiger partial charge is 0.424 e. The van der Waals surface area contributed by atoms with E-state index in [9.17, 15) is 9.59 Å². The Hall–Kier alpha value is -3.32. The average molecular weight is 483 g/mol. The highest BCUT2D eigenvalue weighted by atomic mass is 35.5. The highest BCUT2D eigenvalue weighted by molar-refractivity contribution is 6.33. The van der Waals surface area contributed by atoms with Gasteiger partial charge in [0.25, 0.3) is 6.01 Å². The zero-order chi connectivity index (χ0) is 24.2. The molecule has 1 heterocycles. The summed E-state index contributed by atoms with van der Waals surface area (Å²) in [6.07, 6.45) is 8.83. The monoisotopic (exact) mass is 482 g/mol. The molecule has 0 saturated heterocycles. The minimum absolute atomic E-state index is 0.0464. The topological polar surface area (TPSA) is 96.3 Å². The molecule has 0 spiro atoms. The number of unbranched alkanes of at least 4 members (excludes halogenated alkanes) is 5. The standard InChI is InChI=1S/C26H31ClN4O3/c1-2-3-4-5-6-10-13-24(32)30-20-14-15-21(27)22(16-20)31-25(33)18-29-26-28-17-23(34-26)19-11-8-7-9-12-19/h7-9,11-12,14-17H,2-6,10,13,18H2,1H3,(H,28,29)(H,30,32)(H,31,33). The zero-order valence-electron chi connectivity index (χ0n) is 19.4. The molecular weight excluding hydrogens is 452 g/mol. The van der Waals surface area contributed by atoms with Gasteiger partial charge in [-0.05, 0) is 24.6 Å². The van der Waals surface area contributed by atoms with Crippen LogP contribution < -0.4 is 16.0 Å². The summed E-state index contributed by atoms with van der Waals surface area (Å²) < 4.78 is 5.64. The summed E-state index contributed by atoms with van der Waals surface area (Å²) in [5.74, 6) is 0.239. The summed E-state index contributed by atoms with van der Waals surface area (Å²) in [5.41, 5.74) is 1.90. The van der Waals surface area contributed by atoms with Crippen molar-refractivity contribution in [3.63, 3.8) is 0 Å². The lowest BCUT2D eigenvalue weighted by Gasteiger charge is -2.11. The fraction of sp³-hybridized carbons (Fsp3) is 0.346. The van der Waals surface area contributed by atoms with Crippen LogP contribution in [-0.4, -0.2) is 23.3 Å². The maximum absolute atomic E-state index is 12.4. The van der Waals surface area contributed by atoms with Crippen molar-refractivity contribution in [3.8, 4) is 11.3 Å². The molecule has 0 aliphatic carbocycles. The first-order valence-corrected chi connectivity index (χ1v) is 12.1. The maximum Gasteiger partial charge on any atom is 0.295 e. The van der Waals surface area contributed by atoms with Gasteiger partial charge in [0.1, 0.15) is 0 Å². The van der Waals surface area contributed by atoms with Gasteiger partial charge in [0.2, 0.25) is 11.8 Å². The predicted octanol–water partition coefficient (Wildman–Crippen LogP) is 6.73. The fourth-order valence-corrected chi connectivity index (χ4v) is 3.60. The first-order chi connectivity index (χ1) is 16.5. The summed E-state index contributed by atoms with van der Waals surface area (Å²) in [6, 6.07) is 14.8. The van der Waals surface area contributed by atoms with Crippen LogP contribution in [0.3, 0.4) is 0 Å². The van der Waals surface area contributed by atoms with E-state index in [1.54, 1.807) is 24.4 Å². The van der Waals surface area contributed by atoms with Gasteiger partial charge < -0.3 is 20.4 Å². The molecule has 3 rings (SSSR count). The summed E-state index contributed by atoms with van der Waals surface area (Å²) >= 11 is 6.23. The van der Waals surface area contributed by atoms with Crippen molar-refractivity contribution in [1.29, 1.82) is 0 Å². The highest BCUT2D eigenvalue weighted by Crippen LogP contribution is 2.26. The molecule has 7 nitrogen and oxygen atoms in total. The molecule has 3 aromatic rings. The van der Waals surface area contributed by atoms with Crippen molar-refractivity contribution in [2.24, 2.45) is 0 Å². The number of oxazole rings is 1. The van der Waals surface area contributed by atoms with E-state index >= 15 is 0 Å². The van der Waals surface area contributed by atoms with Gasteiger partial charge in [-0.3, -0.25) is 9.59 Å². The van der Waals surface area contributed by atoms with Crippen molar-refractivity contribution in [2.45, 2.75) is 51.9 Å². The van der Waals surface area contributed by atoms with Crippen molar-refractivity contribution < 1.29 is 14.0 Å². The molecule has 0 atom stereocenters. The summed E-state index contributed by atoms with van der Waals surface area (Å²) in [7, 11) is 0. The molecule has 0 unspecified atom stereocenters. The quantitative estimate of drug-likeness (QED) is 0.234. The average Bonchev–Trinajstić information content (AvgIpc) is 3.32. The molecule has 0 aliphatic rings. The van der Waals surface area contributed by atoms with Gasteiger partial charge in [-0.15, -0.1) is 0 Å². The lowest BCUT2D eigenvalue weighted by Crippen LogP contribution is -2.22. The number of carbonyl (C=O) groups excluding carboxylic acids is 2. The molecule has 8 heteroatoms. The van der Waals surface area contributed by atoms with Gasteiger partial charge in [0, 0.05) is 17.7 Å². The molecule has 3 N–H and O–H groups in total. The van der Waals surface area contributed by atoms with Gasteiger partial charge in [0.05, 0.1) is 23.5 Å². The summed E-state index contributed by atoms with van der Waals surface area (Å²) in [5, 5.41) is 8.86. The number of benzene rings is 2. The van der Waals surface area contributed by atoms with Crippen LogP contribution in [0.5, 0.6) is 0 Å². The number of nitrogens with zero attached hydrogens (tertiary/aromatic N) is 1. The maximum atomic E-state index is 12.4. The molecule has 2 aromatic carbocycles. The number of amides is 2. The summed E-state index contributed by atoms with van der Waals surface area (Å²) in [4.78, 5) is 28.8. The molecule has 1 aromatic heterocycles. The molecule has 0 aliphatic heterocycles. The third kappa shape index (κ3) is 8.23. The van der Waals surface area contributed by atoms with Crippen LogP contribution in [0.15, 0.2) is 59.1 Å². The number of hydrogen-bond donors (Lipinski definition) is 3. The van der Waals surface area contributed by atoms with Gasteiger partial charge in [0.15, 0.2) is 5.76 Å². The third-order valence-electron chi connectivity index (χ3n) is 5.25. The van der Waals surface area contributed by atoms with E-state index in [4.69, 9.17) is 16.0 Å². The Morgan fingerprint density at radius 2 is 1.71 bits per heavy atom. The minimum Gasteiger partial charge on any atom is -0.424 e. The number of anilines is 3. The lowest BCUT2D eigenvalue weighted by molar-refractivity contribution is -0.116. The van der Waals surface area contributed by atoms with Crippen LogP contribution in [0.25, 0.3) is 11.3 Å². The van der Waals surface area contributed by atoms with E-state index < -0.39 is 0 Å². The minimum atomic E-state index is -0.322. The number of aromatic nitrogens is 1. The fourth-order valence-electron chi connectivity index (χ4n) is 3.43. The van der Waals surface area contributed by atoms with Crippen molar-refractivity contribution in [3.05, 3.63) is 59.8 Å². The van der Waals surface area contributed by atoms with Crippen LogP contribution >= 0.6 is 11.6 Å². The number of nitrogens with one attached hydrogen (secondary N) is 3. The van der Waals surface area contributed by atoms with Gasteiger partial charge in [-0.2, -0.15) is 0 Å². The normalized spacial score (nSPS) is 10.6. The molecule has 0 fully saturated rings. The Morgan fingerprint density at radius 1 is 0.941 bits per heavy atom. The van der Waals surface area contributed by atoms with Crippen LogP contribution in [0.4, 0.5) is 17.4 Å². The van der Waals surface area contributed by atoms with Gasteiger partial charge in [-0.1, -0.05) is 81.0 Å². The molecule has 0 radical (unpaired) electrons. The molecule has 0 bridgehead atoms. The van der Waals surface area contributed by atoms with E-state index in [1.807, 2.05) is 30.3 Å². The van der Waals surface area contributed by atoms with E-state index in [2.05, 4.69) is 27.9 Å². The Balaban J connectivity index is 1.46. The van der Waals surface area contributed by atoms with Crippen LogP contribution in [0.2, 0.25) is 5.02 Å². The van der Waals surface area contributed by atoms with Gasteiger partial charge >= 0.3 is 0 Å². The second-order valence-corrected chi connectivity index (χ2v) is 8.47. The first kappa shape index (κ1) is 25.3. The number of carbonyl (C=O) groups is 2. The molecule has 180 valence electrons. The SMILES string of the molecule is CCCCCCCCC(=O)Nc1ccc(Cl)c(NC(=O)CNc2ncc(-c3ccccc3)o2)c1. The van der Waals surface area contributed by atoms with E-state index in [1.165, 1.54) is 19.3 Å². The van der Waals surface area contributed by atoms with Crippen LogP contribution in [0.1, 0.15) is 51.9 Å². The number of hydrogen-bond acceptors (Lipinski definition) is 5. The molecular formula is C26H31ClN4O3. The number of rotatable bonds is 13. The Labute approximate surface area is 205 Å². The second-order valence-electron chi connectivity index (χ2n) is 8.06. The Bertz CT molecular complexity index is 1070. The molecule has 34 heavy (non-hydrogen) atoms. The van der Waals surface area contributed by atoms with Crippen molar-refractivity contribution in [1.82, 2.24) is 4.98 Å². The third-order valence-corrected chi connectivity index (χ3v) is 5.58. The lowest BCUT2D eigenvalue weighted by atomic mass is 10.1. The molecule has 0 saturated carbocycles. The second kappa shape index (κ2) is 13.4. The summed E-state index contributed by atoms with van der Waals surface area (Å²) in [6.45, 7) is 2.13. The first-order valence-electron chi connectivity index (χ1n) is 11.7. The van der Waals surface area contributed by atoms with Crippen LogP contribution in [0, 0.1) is 0 Å². The van der Waals surface area contributed by atoms with E-state index in [0.29, 0.717) is 28.6 Å². The predicted molar refractivity (Wildman–Crippen MR) is 137 cm³/mol. The van der Waals surface area contributed by atoms with E-state index in [0.717, 1.165) is 24.8 Å². The van der Waals surface area contributed by atoms with Crippen molar-refractivity contribution in [2.75, 3.05) is 22.5 Å². The van der Waals surface area contributed by atoms with Gasteiger partial charge in [-0.25, -0.2) is 4.98 Å². The van der Waals surface area contributed by atoms with E-state index in [-0.39, 0.29) is 24.4 Å².